The molecule has 0 saturated heterocycles. The molecule has 0 aromatic heterocycles. The molecule has 0 spiro atoms. The third-order valence-electron chi connectivity index (χ3n) is 5.16. The molecule has 5 nitrogen and oxygen atoms in total. The van der Waals surface area contributed by atoms with Crippen LogP contribution in [0.4, 0.5) is 5.69 Å². The van der Waals surface area contributed by atoms with Gasteiger partial charge in [-0.05, 0) is 35.6 Å². The summed E-state index contributed by atoms with van der Waals surface area (Å²) in [6.07, 6.45) is 0.844. The minimum atomic E-state index is -0.157. The highest BCUT2D eigenvalue weighted by atomic mass is 16.3. The second-order valence-corrected chi connectivity index (χ2v) is 6.77. The fraction of sp³-hybridized carbons (Fsp3) is 0.300. The number of carbonyl (C=O) groups is 2. The van der Waals surface area contributed by atoms with Gasteiger partial charge in [0.15, 0.2) is 0 Å². The van der Waals surface area contributed by atoms with Gasteiger partial charge < -0.3 is 14.9 Å². The fourth-order valence-electron chi connectivity index (χ4n) is 3.77. The van der Waals surface area contributed by atoms with Crippen molar-refractivity contribution in [1.29, 1.82) is 0 Å². The maximum atomic E-state index is 12.9. The van der Waals surface area contributed by atoms with Gasteiger partial charge in [0.05, 0.1) is 5.69 Å². The number of carbonyl (C=O) groups excluding carboxylic acids is 2. The first-order valence-electron chi connectivity index (χ1n) is 8.55. The number of rotatable bonds is 2. The quantitative estimate of drug-likeness (QED) is 0.917. The van der Waals surface area contributed by atoms with E-state index in [1.54, 1.807) is 28.0 Å². The summed E-state index contributed by atoms with van der Waals surface area (Å²) in [6, 6.07) is 12.8. The number of para-hydroxylation sites is 1. The average Bonchev–Trinajstić information content (AvgIpc) is 2.92. The molecule has 5 heteroatoms. The van der Waals surface area contributed by atoms with E-state index in [-0.39, 0.29) is 24.1 Å². The predicted octanol–water partition coefficient (Wildman–Crippen LogP) is 2.89. The standard InChI is InChI=1S/C20H20N2O3/c1-13-9-10-22(19-15(13)7-4-8-17(19)23)18(24)12-21-11-14-5-2-3-6-16(14)20(21)25/h2-8,13,23H,9-12H2,1H3. The van der Waals surface area contributed by atoms with Gasteiger partial charge in [0.25, 0.3) is 5.91 Å². The van der Waals surface area contributed by atoms with E-state index in [1.807, 2.05) is 24.3 Å². The van der Waals surface area contributed by atoms with Gasteiger partial charge >= 0.3 is 0 Å². The summed E-state index contributed by atoms with van der Waals surface area (Å²) in [4.78, 5) is 28.6. The highest BCUT2D eigenvalue weighted by Gasteiger charge is 2.33. The van der Waals surface area contributed by atoms with E-state index in [2.05, 4.69) is 6.92 Å². The van der Waals surface area contributed by atoms with Crippen molar-refractivity contribution < 1.29 is 14.7 Å². The van der Waals surface area contributed by atoms with Gasteiger partial charge in [-0.15, -0.1) is 0 Å². The van der Waals surface area contributed by atoms with Crippen molar-refractivity contribution in [3.05, 3.63) is 59.2 Å². The third kappa shape index (κ3) is 2.56. The minimum Gasteiger partial charge on any atom is -0.506 e. The zero-order valence-corrected chi connectivity index (χ0v) is 14.1. The van der Waals surface area contributed by atoms with Crippen LogP contribution in [0.2, 0.25) is 0 Å². The van der Waals surface area contributed by atoms with Gasteiger partial charge in [-0.2, -0.15) is 0 Å². The van der Waals surface area contributed by atoms with Crippen molar-refractivity contribution in [3.8, 4) is 5.75 Å². The molecule has 25 heavy (non-hydrogen) atoms. The molecular formula is C20H20N2O3. The van der Waals surface area contributed by atoms with Gasteiger partial charge in [0, 0.05) is 18.7 Å². The summed E-state index contributed by atoms with van der Waals surface area (Å²) < 4.78 is 0. The molecule has 0 radical (unpaired) electrons. The van der Waals surface area contributed by atoms with E-state index >= 15 is 0 Å². The molecule has 1 atom stereocenters. The molecule has 1 N–H and O–H groups in total. The summed E-state index contributed by atoms with van der Waals surface area (Å²) in [6.45, 7) is 3.13. The summed E-state index contributed by atoms with van der Waals surface area (Å²) in [5.74, 6) is 0.153. The largest absolute Gasteiger partial charge is 0.506 e. The van der Waals surface area contributed by atoms with Crippen molar-refractivity contribution in [2.24, 2.45) is 0 Å². The molecule has 2 heterocycles. The molecule has 1 unspecified atom stereocenters. The molecule has 0 fully saturated rings. The Morgan fingerprint density at radius 3 is 2.80 bits per heavy atom. The van der Waals surface area contributed by atoms with Crippen molar-refractivity contribution in [2.75, 3.05) is 18.0 Å². The first-order chi connectivity index (χ1) is 12.1. The molecular weight excluding hydrogens is 316 g/mol. The SMILES string of the molecule is CC1CCN(C(=O)CN2Cc3ccccc3C2=O)c2c(O)cccc21. The molecule has 2 aromatic rings. The van der Waals surface area contributed by atoms with Gasteiger partial charge in [-0.1, -0.05) is 37.3 Å². The van der Waals surface area contributed by atoms with Crippen molar-refractivity contribution in [3.63, 3.8) is 0 Å². The van der Waals surface area contributed by atoms with Gasteiger partial charge in [0.2, 0.25) is 5.91 Å². The van der Waals surface area contributed by atoms with Crippen molar-refractivity contribution >= 4 is 17.5 Å². The van der Waals surface area contributed by atoms with Crippen LogP contribution in [0.15, 0.2) is 42.5 Å². The Kier molecular flexibility index (Phi) is 3.71. The Balaban J connectivity index is 1.58. The van der Waals surface area contributed by atoms with E-state index in [0.29, 0.717) is 30.3 Å². The predicted molar refractivity (Wildman–Crippen MR) is 94.7 cm³/mol. The van der Waals surface area contributed by atoms with Crippen LogP contribution in [0.3, 0.4) is 0 Å². The van der Waals surface area contributed by atoms with E-state index in [0.717, 1.165) is 17.5 Å². The number of hydrogen-bond acceptors (Lipinski definition) is 3. The van der Waals surface area contributed by atoms with Crippen molar-refractivity contribution in [2.45, 2.75) is 25.8 Å². The molecule has 4 rings (SSSR count). The first kappa shape index (κ1) is 15.7. The molecule has 2 aromatic carbocycles. The summed E-state index contributed by atoms with van der Waals surface area (Å²) in [5, 5.41) is 10.3. The highest BCUT2D eigenvalue weighted by molar-refractivity contribution is 6.03. The van der Waals surface area contributed by atoms with E-state index in [9.17, 15) is 14.7 Å². The normalized spacial score (nSPS) is 18.9. The number of nitrogens with zero attached hydrogens (tertiary/aromatic N) is 2. The smallest absolute Gasteiger partial charge is 0.254 e. The monoisotopic (exact) mass is 336 g/mol. The number of fused-ring (bicyclic) bond motifs is 2. The van der Waals surface area contributed by atoms with E-state index in [1.165, 1.54) is 0 Å². The molecule has 0 bridgehead atoms. The fourth-order valence-corrected chi connectivity index (χ4v) is 3.77. The second-order valence-electron chi connectivity index (χ2n) is 6.77. The molecule has 0 saturated carbocycles. The third-order valence-corrected chi connectivity index (χ3v) is 5.16. The number of phenols is 1. The lowest BCUT2D eigenvalue weighted by atomic mass is 9.91. The lowest BCUT2D eigenvalue weighted by Gasteiger charge is -2.34. The van der Waals surface area contributed by atoms with Crippen LogP contribution in [0.25, 0.3) is 0 Å². The Hall–Kier alpha value is -2.82. The summed E-state index contributed by atoms with van der Waals surface area (Å²) >= 11 is 0. The summed E-state index contributed by atoms with van der Waals surface area (Å²) in [7, 11) is 0. The van der Waals surface area contributed by atoms with Gasteiger partial charge in [-0.25, -0.2) is 0 Å². The van der Waals surface area contributed by atoms with Gasteiger partial charge in [-0.3, -0.25) is 9.59 Å². The first-order valence-corrected chi connectivity index (χ1v) is 8.55. The number of amides is 2. The Bertz CT molecular complexity index is 862. The number of aromatic hydroxyl groups is 1. The summed E-state index contributed by atoms with van der Waals surface area (Å²) in [5.41, 5.74) is 3.20. The van der Waals surface area contributed by atoms with E-state index < -0.39 is 0 Å². The average molecular weight is 336 g/mol. The Morgan fingerprint density at radius 2 is 2.00 bits per heavy atom. The maximum Gasteiger partial charge on any atom is 0.254 e. The molecule has 2 aliphatic heterocycles. The van der Waals surface area contributed by atoms with Crippen LogP contribution in [0, 0.1) is 0 Å². The zero-order chi connectivity index (χ0) is 17.6. The molecule has 2 aliphatic rings. The van der Waals surface area contributed by atoms with Crippen LogP contribution >= 0.6 is 0 Å². The van der Waals surface area contributed by atoms with Crippen LogP contribution in [-0.4, -0.2) is 34.9 Å². The number of hydrogen-bond donors (Lipinski definition) is 1. The molecule has 2 amide bonds. The van der Waals surface area contributed by atoms with E-state index in [4.69, 9.17) is 0 Å². The van der Waals surface area contributed by atoms with Crippen LogP contribution in [-0.2, 0) is 11.3 Å². The topological polar surface area (TPSA) is 60.9 Å². The maximum absolute atomic E-state index is 12.9. The van der Waals surface area contributed by atoms with Crippen molar-refractivity contribution in [1.82, 2.24) is 4.90 Å². The van der Waals surface area contributed by atoms with Crippen LogP contribution in [0.5, 0.6) is 5.75 Å². The Morgan fingerprint density at radius 1 is 1.20 bits per heavy atom. The zero-order valence-electron chi connectivity index (χ0n) is 14.1. The van der Waals surface area contributed by atoms with Crippen LogP contribution in [0.1, 0.15) is 40.7 Å². The lowest BCUT2D eigenvalue weighted by molar-refractivity contribution is -0.119. The van der Waals surface area contributed by atoms with Crippen LogP contribution < -0.4 is 4.90 Å². The number of phenolic OH excluding ortho intramolecular Hbond substituents is 1. The molecule has 0 aliphatic carbocycles. The second kappa shape index (κ2) is 5.92. The highest BCUT2D eigenvalue weighted by Crippen LogP contribution is 2.41. The molecule has 128 valence electrons. The lowest BCUT2D eigenvalue weighted by Crippen LogP contribution is -2.43. The minimum absolute atomic E-state index is 0.0235. The van der Waals surface area contributed by atoms with Gasteiger partial charge in [0.1, 0.15) is 12.3 Å². The Labute approximate surface area is 146 Å². The number of benzene rings is 2. The number of anilines is 1.